The Morgan fingerprint density at radius 1 is 1.04 bits per heavy atom. The van der Waals surface area contributed by atoms with Gasteiger partial charge in [0.15, 0.2) is 0 Å². The summed E-state index contributed by atoms with van der Waals surface area (Å²) in [6.07, 6.45) is 0. The molecule has 0 aliphatic carbocycles. The number of fused-ring (bicyclic) bond motifs is 5. The highest BCUT2D eigenvalue weighted by Crippen LogP contribution is 2.58. The summed E-state index contributed by atoms with van der Waals surface area (Å²) >= 11 is 8.72. The number of rotatable bonds is 1. The highest BCUT2D eigenvalue weighted by Gasteiger charge is 2.49. The molecule has 0 bridgehead atoms. The van der Waals surface area contributed by atoms with Crippen molar-refractivity contribution in [3.63, 3.8) is 0 Å². The summed E-state index contributed by atoms with van der Waals surface area (Å²) in [6, 6.07) is 15.1. The second-order valence-electron chi connectivity index (χ2n) is 6.26. The van der Waals surface area contributed by atoms with Gasteiger partial charge in [0.2, 0.25) is 0 Å². The summed E-state index contributed by atoms with van der Waals surface area (Å²) in [4.78, 5) is 28.7. The summed E-state index contributed by atoms with van der Waals surface area (Å²) in [7, 11) is 0. The lowest BCUT2D eigenvalue weighted by Crippen LogP contribution is -2.37. The first-order valence-corrected chi connectivity index (χ1v) is 10.1. The van der Waals surface area contributed by atoms with E-state index in [0.717, 1.165) is 21.0 Å². The normalized spacial score (nSPS) is 23.6. The molecule has 3 atom stereocenters. The Bertz CT molecular complexity index is 1070. The number of carbonyl (C=O) groups excluding carboxylic acids is 1. The first kappa shape index (κ1) is 16.2. The van der Waals surface area contributed by atoms with Gasteiger partial charge in [0.25, 0.3) is 0 Å². The fourth-order valence-electron chi connectivity index (χ4n) is 3.69. The molecule has 1 aromatic heterocycles. The van der Waals surface area contributed by atoms with Crippen LogP contribution in [0.2, 0.25) is 5.02 Å². The maximum atomic E-state index is 12.9. The van der Waals surface area contributed by atoms with E-state index in [1.54, 1.807) is 6.07 Å². The second-order valence-corrected chi connectivity index (χ2v) is 8.86. The van der Waals surface area contributed by atoms with Crippen LogP contribution < -0.4 is 9.61 Å². The molecule has 0 unspecified atom stereocenters. The highest BCUT2D eigenvalue weighted by atomic mass is 35.5. The van der Waals surface area contributed by atoms with Gasteiger partial charge in [0.05, 0.1) is 16.2 Å². The Morgan fingerprint density at radius 2 is 1.81 bits per heavy atom. The molecular formula is C19H12ClNO3S2. The van der Waals surface area contributed by atoms with Crippen molar-refractivity contribution in [2.45, 2.75) is 16.2 Å². The van der Waals surface area contributed by atoms with E-state index >= 15 is 0 Å². The first-order chi connectivity index (χ1) is 12.6. The van der Waals surface area contributed by atoms with Gasteiger partial charge in [-0.3, -0.25) is 9.59 Å². The molecular weight excluding hydrogens is 390 g/mol. The van der Waals surface area contributed by atoms with Crippen LogP contribution in [0.15, 0.2) is 58.4 Å². The van der Waals surface area contributed by atoms with Crippen LogP contribution in [-0.2, 0) is 4.79 Å². The van der Waals surface area contributed by atoms with Crippen molar-refractivity contribution >= 4 is 40.7 Å². The van der Waals surface area contributed by atoms with E-state index < -0.39 is 5.92 Å². The molecule has 7 heteroatoms. The Kier molecular flexibility index (Phi) is 3.74. The maximum Gasteiger partial charge on any atom is 0.316 e. The number of nitrogens with one attached hydrogen (secondary N) is 1. The van der Waals surface area contributed by atoms with Crippen LogP contribution in [0.1, 0.15) is 27.2 Å². The van der Waals surface area contributed by atoms with Gasteiger partial charge in [0.1, 0.15) is 5.75 Å². The molecule has 2 aliphatic heterocycles. The van der Waals surface area contributed by atoms with Gasteiger partial charge in [0, 0.05) is 21.4 Å². The van der Waals surface area contributed by atoms with E-state index in [9.17, 15) is 9.59 Å². The lowest BCUT2D eigenvalue weighted by atomic mass is 9.78. The fraction of sp³-hybridized carbons (Fsp3) is 0.158. The Balaban J connectivity index is 1.73. The number of aromatic amines is 1. The third kappa shape index (κ3) is 2.44. The monoisotopic (exact) mass is 401 g/mol. The van der Waals surface area contributed by atoms with Crippen LogP contribution in [0.4, 0.5) is 0 Å². The van der Waals surface area contributed by atoms with E-state index in [1.807, 2.05) is 42.5 Å². The molecule has 130 valence electrons. The summed E-state index contributed by atoms with van der Waals surface area (Å²) < 4.78 is 5.64. The molecule has 5 rings (SSSR count). The molecule has 0 fully saturated rings. The zero-order valence-electron chi connectivity index (χ0n) is 13.3. The van der Waals surface area contributed by atoms with E-state index in [0.29, 0.717) is 10.8 Å². The molecule has 0 saturated carbocycles. The molecule has 2 aliphatic rings. The lowest BCUT2D eigenvalue weighted by molar-refractivity contribution is -0.140. The number of H-pyrrole nitrogens is 1. The minimum absolute atomic E-state index is 0.102. The van der Waals surface area contributed by atoms with Crippen molar-refractivity contribution in [1.82, 2.24) is 4.98 Å². The Morgan fingerprint density at radius 3 is 2.62 bits per heavy atom. The number of esters is 1. The van der Waals surface area contributed by atoms with Crippen LogP contribution in [-0.4, -0.2) is 11.0 Å². The van der Waals surface area contributed by atoms with E-state index in [4.69, 9.17) is 16.3 Å². The van der Waals surface area contributed by atoms with Gasteiger partial charge >= 0.3 is 10.8 Å². The van der Waals surface area contributed by atoms with Crippen molar-refractivity contribution in [3.8, 4) is 5.75 Å². The number of aromatic nitrogens is 1. The number of carbonyl (C=O) groups is 1. The molecule has 0 radical (unpaired) electrons. The molecule has 4 nitrogen and oxygen atoms in total. The largest absolute Gasteiger partial charge is 0.426 e. The van der Waals surface area contributed by atoms with Crippen molar-refractivity contribution in [2.24, 2.45) is 5.92 Å². The summed E-state index contributed by atoms with van der Waals surface area (Å²) in [5, 5.41) is 1.33. The quantitative estimate of drug-likeness (QED) is 0.478. The van der Waals surface area contributed by atoms with E-state index in [-0.39, 0.29) is 22.0 Å². The molecule has 3 aromatic rings. The number of thioether (sulfide) groups is 1. The molecule has 0 amide bonds. The molecule has 26 heavy (non-hydrogen) atoms. The SMILES string of the molecule is O=C1Oc2ccccc2[C@@H]2c3sc(=O)[nH]c3S[C@H](c3ccc(Cl)cc3)[C@@H]12. The van der Waals surface area contributed by atoms with Crippen LogP contribution in [0.5, 0.6) is 5.75 Å². The van der Waals surface area contributed by atoms with Crippen LogP contribution in [0.25, 0.3) is 0 Å². The van der Waals surface area contributed by atoms with Crippen molar-refractivity contribution in [2.75, 3.05) is 0 Å². The molecule has 2 aromatic carbocycles. The van der Waals surface area contributed by atoms with Gasteiger partial charge < -0.3 is 9.72 Å². The number of benzene rings is 2. The number of hydrogen-bond acceptors (Lipinski definition) is 5. The Hall–Kier alpha value is -2.02. The van der Waals surface area contributed by atoms with E-state index in [1.165, 1.54) is 23.1 Å². The van der Waals surface area contributed by atoms with Gasteiger partial charge in [-0.2, -0.15) is 0 Å². The smallest absolute Gasteiger partial charge is 0.316 e. The zero-order valence-corrected chi connectivity index (χ0v) is 15.7. The number of halogens is 1. The summed E-state index contributed by atoms with van der Waals surface area (Å²) in [5.74, 6) is -0.261. The minimum Gasteiger partial charge on any atom is -0.426 e. The minimum atomic E-state index is -0.393. The predicted octanol–water partition coefficient (Wildman–Crippen LogP) is 4.60. The zero-order chi connectivity index (χ0) is 17.8. The lowest BCUT2D eigenvalue weighted by Gasteiger charge is -2.39. The molecule has 3 heterocycles. The average Bonchev–Trinajstić information content (AvgIpc) is 3.01. The van der Waals surface area contributed by atoms with Gasteiger partial charge in [-0.25, -0.2) is 0 Å². The number of para-hydroxylation sites is 1. The third-order valence-corrected chi connectivity index (χ3v) is 7.51. The fourth-order valence-corrected chi connectivity index (χ4v) is 6.40. The number of thiazole rings is 1. The van der Waals surface area contributed by atoms with Gasteiger partial charge in [-0.1, -0.05) is 65.0 Å². The van der Waals surface area contributed by atoms with Crippen molar-refractivity contribution in [1.29, 1.82) is 0 Å². The number of ether oxygens (including phenoxy) is 1. The van der Waals surface area contributed by atoms with Gasteiger partial charge in [-0.05, 0) is 23.8 Å². The molecule has 0 saturated heterocycles. The average molecular weight is 402 g/mol. The second kappa shape index (κ2) is 6.01. The topological polar surface area (TPSA) is 59.2 Å². The van der Waals surface area contributed by atoms with Crippen LogP contribution in [0, 0.1) is 5.92 Å². The maximum absolute atomic E-state index is 12.9. The first-order valence-electron chi connectivity index (χ1n) is 8.07. The summed E-state index contributed by atoms with van der Waals surface area (Å²) in [5.41, 5.74) is 1.94. The Labute approximate surface area is 162 Å². The standard InChI is InChI=1S/C19H12ClNO3S2/c20-10-7-5-9(6-8-10)15-14-13(16-17(25-15)21-19(23)26-16)11-3-1-2-4-12(11)24-18(14)22/h1-8,13-15H,(H,21,23)/t13-,14-,15+/m0/s1. The number of hydrogen-bond donors (Lipinski definition) is 1. The third-order valence-electron chi connectivity index (χ3n) is 4.79. The predicted molar refractivity (Wildman–Crippen MR) is 102 cm³/mol. The molecule has 1 N–H and O–H groups in total. The molecule has 0 spiro atoms. The highest BCUT2D eigenvalue weighted by molar-refractivity contribution is 7.99. The van der Waals surface area contributed by atoms with Crippen LogP contribution >= 0.6 is 34.7 Å². The van der Waals surface area contributed by atoms with Gasteiger partial charge in [-0.15, -0.1) is 0 Å². The van der Waals surface area contributed by atoms with Crippen molar-refractivity contribution in [3.05, 3.63) is 79.2 Å². The van der Waals surface area contributed by atoms with Crippen LogP contribution in [0.3, 0.4) is 0 Å². The van der Waals surface area contributed by atoms with Crippen molar-refractivity contribution < 1.29 is 9.53 Å². The summed E-state index contributed by atoms with van der Waals surface area (Å²) in [6.45, 7) is 0. The van der Waals surface area contributed by atoms with E-state index in [2.05, 4.69) is 4.98 Å².